The van der Waals surface area contributed by atoms with Crippen LogP contribution in [-0.4, -0.2) is 29.5 Å². The Morgan fingerprint density at radius 1 is 1.13 bits per heavy atom. The third kappa shape index (κ3) is 8.77. The molecule has 5 nitrogen and oxygen atoms in total. The fraction of sp³-hybridized carbons (Fsp3) is 0.424. The van der Waals surface area contributed by atoms with E-state index >= 15 is 0 Å². The lowest BCUT2D eigenvalue weighted by Crippen LogP contribution is -2.22. The van der Waals surface area contributed by atoms with E-state index in [1.807, 2.05) is 0 Å². The van der Waals surface area contributed by atoms with E-state index in [-0.39, 0.29) is 18.2 Å². The maximum absolute atomic E-state index is 8.36. The van der Waals surface area contributed by atoms with Gasteiger partial charge in [-0.1, -0.05) is 48.3 Å². The fourth-order valence-electron chi connectivity index (χ4n) is 5.17. The molecule has 0 bridgehead atoms. The van der Waals surface area contributed by atoms with Crippen LogP contribution in [-0.2, 0) is 22.4 Å². The number of ether oxygens (including phenoxy) is 2. The van der Waals surface area contributed by atoms with Crippen molar-refractivity contribution in [3.05, 3.63) is 82.4 Å². The van der Waals surface area contributed by atoms with E-state index in [4.69, 9.17) is 19.4 Å². The quantitative estimate of drug-likeness (QED) is 0.158. The average Bonchev–Trinajstić information content (AvgIpc) is 2.89. The number of benzene rings is 3. The molecular formula is C33H43NO4S. The molecule has 4 rings (SSSR count). The molecule has 2 N–H and O–H groups in total. The molecule has 210 valence electrons. The molecule has 39 heavy (non-hydrogen) atoms. The van der Waals surface area contributed by atoms with Crippen LogP contribution >= 0.6 is 11.9 Å². The molecule has 3 aromatic carbocycles. The van der Waals surface area contributed by atoms with Gasteiger partial charge in [-0.3, -0.25) is 4.79 Å². The Labute approximate surface area is 238 Å². The molecule has 1 heterocycles. The van der Waals surface area contributed by atoms with Crippen LogP contribution in [0.3, 0.4) is 0 Å². The number of hydrogen-bond acceptors (Lipinski definition) is 5. The molecule has 0 aliphatic carbocycles. The highest BCUT2D eigenvalue weighted by Gasteiger charge is 2.25. The summed E-state index contributed by atoms with van der Waals surface area (Å²) in [6.07, 6.45) is 4.37. The largest absolute Gasteiger partial charge is 0.493 e. The Bertz CT molecular complexity index is 1220. The number of aryl methyl sites for hydroxylation is 3. The lowest BCUT2D eigenvalue weighted by molar-refractivity contribution is -0.122. The second kappa shape index (κ2) is 14.4. The van der Waals surface area contributed by atoms with Crippen molar-refractivity contribution < 1.29 is 19.4 Å². The Kier molecular flexibility index (Phi) is 11.3. The van der Waals surface area contributed by atoms with Crippen molar-refractivity contribution in [2.45, 2.75) is 78.9 Å². The molecule has 1 aliphatic heterocycles. The third-order valence-corrected chi connectivity index (χ3v) is 7.56. The maximum Gasteiger partial charge on any atom is 0.290 e. The van der Waals surface area contributed by atoms with Crippen LogP contribution in [0.15, 0.2) is 54.6 Å². The molecule has 0 spiro atoms. The summed E-state index contributed by atoms with van der Waals surface area (Å²) in [7, 11) is 0. The van der Waals surface area contributed by atoms with E-state index in [9.17, 15) is 0 Å². The molecule has 0 aromatic heterocycles. The summed E-state index contributed by atoms with van der Waals surface area (Å²) in [5, 5.41) is 6.89. The minimum Gasteiger partial charge on any atom is -0.493 e. The number of hydrogen-bond donors (Lipinski definition) is 2. The summed E-state index contributed by atoms with van der Waals surface area (Å²) in [5.41, 5.74) is 10.0. The maximum atomic E-state index is 8.36. The van der Waals surface area contributed by atoms with Crippen molar-refractivity contribution >= 4 is 24.1 Å². The Morgan fingerprint density at radius 3 is 2.54 bits per heavy atom. The topological polar surface area (TPSA) is 67.8 Å². The highest BCUT2D eigenvalue weighted by Crippen LogP contribution is 2.42. The summed E-state index contributed by atoms with van der Waals surface area (Å²) in [5.74, 6) is 2.09. The van der Waals surface area contributed by atoms with Crippen LogP contribution in [0.5, 0.6) is 5.75 Å². The number of fused-ring (bicyclic) bond motifs is 1. The van der Waals surface area contributed by atoms with Gasteiger partial charge in [-0.25, -0.2) is 0 Å². The Hall–Kier alpha value is -2.96. The monoisotopic (exact) mass is 549 g/mol. The van der Waals surface area contributed by atoms with Gasteiger partial charge in [0.1, 0.15) is 5.75 Å². The molecule has 3 aromatic rings. The van der Waals surface area contributed by atoms with Crippen molar-refractivity contribution in [2.24, 2.45) is 0 Å². The zero-order valence-electron chi connectivity index (χ0n) is 24.2. The molecule has 1 atom stereocenters. The normalized spacial score (nSPS) is 13.4. The molecule has 0 fully saturated rings. The van der Waals surface area contributed by atoms with Gasteiger partial charge in [-0.05, 0) is 124 Å². The van der Waals surface area contributed by atoms with E-state index in [1.165, 1.54) is 44.6 Å². The van der Waals surface area contributed by atoms with E-state index in [2.05, 4.69) is 101 Å². The second-order valence-electron chi connectivity index (χ2n) is 10.9. The average molecular weight is 550 g/mol. The first-order chi connectivity index (χ1) is 18.6. The van der Waals surface area contributed by atoms with E-state index in [1.54, 1.807) is 11.9 Å². The zero-order chi connectivity index (χ0) is 28.4. The lowest BCUT2D eigenvalue weighted by Gasteiger charge is -2.30. The smallest absolute Gasteiger partial charge is 0.290 e. The summed E-state index contributed by atoms with van der Waals surface area (Å²) < 4.78 is 16.1. The van der Waals surface area contributed by atoms with Crippen molar-refractivity contribution in [2.75, 3.05) is 17.1 Å². The first-order valence-electron chi connectivity index (χ1n) is 13.7. The molecule has 0 amide bonds. The van der Waals surface area contributed by atoms with Crippen LogP contribution < -0.4 is 9.46 Å². The highest BCUT2D eigenvalue weighted by molar-refractivity contribution is 8.00. The van der Waals surface area contributed by atoms with Crippen molar-refractivity contribution in [1.82, 2.24) is 0 Å². The molecule has 1 unspecified atom stereocenters. The van der Waals surface area contributed by atoms with Crippen LogP contribution in [0.25, 0.3) is 11.1 Å². The van der Waals surface area contributed by atoms with Gasteiger partial charge in [0.25, 0.3) is 6.47 Å². The predicted octanol–water partition coefficient (Wildman–Crippen LogP) is 8.57. The van der Waals surface area contributed by atoms with Crippen molar-refractivity contribution in [3.63, 3.8) is 0 Å². The minimum absolute atomic E-state index is 0.0317. The lowest BCUT2D eigenvalue weighted by atomic mass is 9.87. The van der Waals surface area contributed by atoms with Gasteiger partial charge in [-0.15, -0.1) is 0 Å². The molecule has 1 aliphatic rings. The van der Waals surface area contributed by atoms with Gasteiger partial charge < -0.3 is 19.3 Å². The van der Waals surface area contributed by atoms with Crippen LogP contribution in [0, 0.1) is 13.8 Å². The number of rotatable bonds is 9. The highest BCUT2D eigenvalue weighted by atomic mass is 32.2. The van der Waals surface area contributed by atoms with Crippen molar-refractivity contribution in [1.29, 1.82) is 0 Å². The molecule has 0 saturated carbocycles. The van der Waals surface area contributed by atoms with Crippen LogP contribution in [0.2, 0.25) is 0 Å². The first-order valence-corrected chi connectivity index (χ1v) is 14.7. The number of anilines is 1. The predicted molar refractivity (Wildman–Crippen MR) is 164 cm³/mol. The van der Waals surface area contributed by atoms with Gasteiger partial charge in [0.2, 0.25) is 0 Å². The van der Waals surface area contributed by atoms with Gasteiger partial charge in [-0.2, -0.15) is 0 Å². The van der Waals surface area contributed by atoms with Crippen LogP contribution in [0.1, 0.15) is 74.5 Å². The minimum atomic E-state index is -0.250. The van der Waals surface area contributed by atoms with Gasteiger partial charge >= 0.3 is 0 Å². The molecule has 0 radical (unpaired) electrons. The SMILES string of the molecule is Cc1cc(NSCCCc2ccccc2)c(C)c(C(C)OC(C)(C)C)c1-c1ccc2c(c1)CCCO2.O=CO. The third-order valence-electron chi connectivity index (χ3n) is 6.70. The van der Waals surface area contributed by atoms with E-state index in [0.717, 1.165) is 43.8 Å². The zero-order valence-corrected chi connectivity index (χ0v) is 25.0. The molecular weight excluding hydrogens is 506 g/mol. The van der Waals surface area contributed by atoms with Gasteiger partial charge in [0.05, 0.1) is 18.3 Å². The van der Waals surface area contributed by atoms with Gasteiger partial charge in [0, 0.05) is 11.4 Å². The molecule has 0 saturated heterocycles. The summed E-state index contributed by atoms with van der Waals surface area (Å²) >= 11 is 1.79. The standard InChI is InChI=1S/C32H41NO2S.CH2O2/c1-22-20-28(33-36-19-11-14-25-12-8-7-9-13-25)23(2)31(24(3)35-32(4,5)6)30(22)27-16-17-29-26(21-27)15-10-18-34-29;2-1-3/h7-9,12-13,16-17,20-21,24,33H,10-11,14-15,18-19H2,1-6H3;1H,(H,2,3). The van der Waals surface area contributed by atoms with E-state index < -0.39 is 0 Å². The van der Waals surface area contributed by atoms with E-state index in [0.29, 0.717) is 0 Å². The van der Waals surface area contributed by atoms with Gasteiger partial charge in [0.15, 0.2) is 0 Å². The number of carbonyl (C=O) groups is 1. The summed E-state index contributed by atoms with van der Waals surface area (Å²) in [4.78, 5) is 8.36. The van der Waals surface area contributed by atoms with Crippen molar-refractivity contribution in [3.8, 4) is 16.9 Å². The second-order valence-corrected chi connectivity index (χ2v) is 11.8. The summed E-state index contributed by atoms with van der Waals surface area (Å²) in [6, 6.07) is 19.7. The molecule has 6 heteroatoms. The fourth-order valence-corrected chi connectivity index (χ4v) is 5.92. The summed E-state index contributed by atoms with van der Waals surface area (Å²) in [6.45, 7) is 13.6. The first kappa shape index (κ1) is 30.6. The number of carboxylic acid groups (broad SMARTS) is 1. The Morgan fingerprint density at radius 2 is 1.85 bits per heavy atom. The Balaban J connectivity index is 0.00000134. The number of nitrogens with one attached hydrogen (secondary N) is 1. The van der Waals surface area contributed by atoms with Crippen LogP contribution in [0.4, 0.5) is 5.69 Å².